The van der Waals surface area contributed by atoms with E-state index in [9.17, 15) is 28.9 Å². The van der Waals surface area contributed by atoms with E-state index >= 15 is 0 Å². The molecule has 0 rings (SSSR count). The van der Waals surface area contributed by atoms with Gasteiger partial charge in [-0.1, -0.05) is 205 Å². The molecule has 12 heteroatoms. The molecule has 0 saturated carbocycles. The number of hydrogen-bond acceptors (Lipinski definition) is 10. The lowest BCUT2D eigenvalue weighted by molar-refractivity contribution is -0.161. The van der Waals surface area contributed by atoms with Gasteiger partial charge in [-0.2, -0.15) is 0 Å². The molecule has 11 nitrogen and oxygen atoms in total. The second kappa shape index (κ2) is 47.2. The molecule has 0 fully saturated rings. The number of allylic oxidation sites excluding steroid dienone is 6. The second-order valence-corrected chi connectivity index (χ2v) is 18.8. The number of carbonyl (C=O) groups is 3. The number of esters is 3. The lowest BCUT2D eigenvalue weighted by Crippen LogP contribution is -2.30. The Labute approximate surface area is 390 Å². The van der Waals surface area contributed by atoms with Gasteiger partial charge in [-0.15, -0.1) is 0 Å². The van der Waals surface area contributed by atoms with Crippen molar-refractivity contribution >= 4 is 25.7 Å². The molecule has 0 bridgehead atoms. The number of aliphatic hydroxyl groups is 1. The first-order valence-electron chi connectivity index (χ1n) is 25.9. The Morgan fingerprint density at radius 2 is 0.812 bits per heavy atom. The van der Waals surface area contributed by atoms with Crippen LogP contribution in [-0.2, 0) is 42.2 Å². The van der Waals surface area contributed by atoms with E-state index in [1.807, 2.05) is 0 Å². The normalized spacial score (nSPS) is 13.8. The van der Waals surface area contributed by atoms with Crippen LogP contribution in [-0.4, -0.2) is 66.5 Å². The van der Waals surface area contributed by atoms with Crippen molar-refractivity contribution in [3.8, 4) is 0 Å². The van der Waals surface area contributed by atoms with Crippen LogP contribution in [0.2, 0.25) is 0 Å². The van der Waals surface area contributed by atoms with Gasteiger partial charge in [0.15, 0.2) is 6.10 Å². The van der Waals surface area contributed by atoms with Crippen LogP contribution in [0.15, 0.2) is 36.5 Å². The summed E-state index contributed by atoms with van der Waals surface area (Å²) < 4.78 is 39.3. The van der Waals surface area contributed by atoms with Crippen LogP contribution in [0.25, 0.3) is 0 Å². The molecule has 64 heavy (non-hydrogen) atoms. The zero-order chi connectivity index (χ0) is 47.0. The van der Waals surface area contributed by atoms with Crippen molar-refractivity contribution in [2.45, 2.75) is 251 Å². The van der Waals surface area contributed by atoms with Gasteiger partial charge in [0.25, 0.3) is 0 Å². The average Bonchev–Trinajstić information content (AvgIpc) is 3.28. The van der Waals surface area contributed by atoms with Crippen molar-refractivity contribution in [1.82, 2.24) is 0 Å². The summed E-state index contributed by atoms with van der Waals surface area (Å²) in [6.45, 7) is 4.49. The summed E-state index contributed by atoms with van der Waals surface area (Å²) in [6, 6.07) is 0. The number of rotatable bonds is 48. The Morgan fingerprint density at radius 1 is 0.453 bits per heavy atom. The Hall–Kier alpha value is -2.30. The highest BCUT2D eigenvalue weighted by Crippen LogP contribution is 2.43. The Kier molecular flexibility index (Phi) is 45.5. The summed E-state index contributed by atoms with van der Waals surface area (Å²) in [7, 11) is -4.73. The third-order valence-electron chi connectivity index (χ3n) is 11.1. The fourth-order valence-electron chi connectivity index (χ4n) is 7.14. The average molecular weight is 927 g/mol. The van der Waals surface area contributed by atoms with Crippen molar-refractivity contribution in [3.05, 3.63) is 36.5 Å². The lowest BCUT2D eigenvalue weighted by Gasteiger charge is -2.21. The molecule has 0 saturated heterocycles. The SMILES string of the molecule is CC/C=C\C/C=C\C/C=C\CCCCCCCCCC(=O)OCC(COP(=O)(O)OCC(CO)OC(=O)CCCCCCCCCCC)OC(=O)CCCCCCCCCCCCC. The van der Waals surface area contributed by atoms with E-state index in [4.69, 9.17) is 23.3 Å². The first-order valence-corrected chi connectivity index (χ1v) is 27.4. The molecule has 0 spiro atoms. The van der Waals surface area contributed by atoms with E-state index in [-0.39, 0.29) is 25.9 Å². The number of carbonyl (C=O) groups excluding carboxylic acids is 3. The van der Waals surface area contributed by atoms with Gasteiger partial charge >= 0.3 is 25.7 Å². The van der Waals surface area contributed by atoms with Crippen LogP contribution in [0, 0.1) is 0 Å². The van der Waals surface area contributed by atoms with E-state index in [0.717, 1.165) is 89.9 Å². The summed E-state index contributed by atoms with van der Waals surface area (Å²) in [5.74, 6) is -1.47. The van der Waals surface area contributed by atoms with Crippen LogP contribution in [0.4, 0.5) is 0 Å². The van der Waals surface area contributed by atoms with E-state index in [0.29, 0.717) is 19.3 Å². The zero-order valence-corrected chi connectivity index (χ0v) is 41.9. The fraction of sp³-hybridized carbons (Fsp3) is 0.827. The Bertz CT molecular complexity index is 1220. The van der Waals surface area contributed by atoms with E-state index < -0.39 is 57.8 Å². The Morgan fingerprint density at radius 3 is 1.25 bits per heavy atom. The van der Waals surface area contributed by atoms with Crippen molar-refractivity contribution in [2.24, 2.45) is 0 Å². The van der Waals surface area contributed by atoms with Crippen LogP contribution in [0.3, 0.4) is 0 Å². The molecule has 0 radical (unpaired) electrons. The van der Waals surface area contributed by atoms with Crippen molar-refractivity contribution in [2.75, 3.05) is 26.4 Å². The van der Waals surface area contributed by atoms with Gasteiger partial charge in [0, 0.05) is 19.3 Å². The Balaban J connectivity index is 4.70. The topological polar surface area (TPSA) is 155 Å². The quantitative estimate of drug-likeness (QED) is 0.0197. The van der Waals surface area contributed by atoms with E-state index in [1.165, 1.54) is 89.9 Å². The molecule has 0 aliphatic heterocycles. The summed E-state index contributed by atoms with van der Waals surface area (Å²) in [5.41, 5.74) is 0. The van der Waals surface area contributed by atoms with Gasteiger partial charge < -0.3 is 24.2 Å². The van der Waals surface area contributed by atoms with Gasteiger partial charge in [-0.05, 0) is 51.4 Å². The summed E-state index contributed by atoms with van der Waals surface area (Å²) >= 11 is 0. The van der Waals surface area contributed by atoms with Gasteiger partial charge in [-0.25, -0.2) is 4.57 Å². The van der Waals surface area contributed by atoms with Gasteiger partial charge in [0.2, 0.25) is 0 Å². The van der Waals surface area contributed by atoms with Crippen molar-refractivity contribution in [1.29, 1.82) is 0 Å². The maximum Gasteiger partial charge on any atom is 0.472 e. The zero-order valence-electron chi connectivity index (χ0n) is 41.0. The van der Waals surface area contributed by atoms with Crippen molar-refractivity contribution in [3.63, 3.8) is 0 Å². The highest BCUT2D eigenvalue weighted by atomic mass is 31.2. The highest BCUT2D eigenvalue weighted by molar-refractivity contribution is 7.47. The molecule has 0 heterocycles. The van der Waals surface area contributed by atoms with Crippen LogP contribution in [0.1, 0.15) is 239 Å². The molecule has 0 aromatic carbocycles. The minimum atomic E-state index is -4.73. The third-order valence-corrected chi connectivity index (χ3v) is 12.0. The molecule has 0 aromatic heterocycles. The number of hydrogen-bond donors (Lipinski definition) is 2. The number of unbranched alkanes of at least 4 members (excludes halogenated alkanes) is 25. The van der Waals surface area contributed by atoms with Gasteiger partial charge in [0.1, 0.15) is 12.7 Å². The molecule has 3 unspecified atom stereocenters. The molecule has 0 aliphatic carbocycles. The summed E-state index contributed by atoms with van der Waals surface area (Å²) in [6.07, 6.45) is 45.5. The molecular weight excluding hydrogens is 832 g/mol. The fourth-order valence-corrected chi connectivity index (χ4v) is 7.92. The number of aliphatic hydroxyl groups excluding tert-OH is 1. The standard InChI is InChI=1S/C52H95O11P/c1-4-7-10-13-16-19-21-22-23-24-25-26-28-30-32-35-38-41-50(54)59-45-49(63-52(56)43-40-37-34-31-27-20-17-14-11-8-5-2)47-61-64(57,58)60-46-48(44-53)62-51(55)42-39-36-33-29-18-15-12-9-6-3/h7,10,16,19,22-23,48-49,53H,4-6,8-9,11-15,17-18,20-21,24-47H2,1-3H3,(H,57,58)/b10-7-,19-16-,23-22-. The second-order valence-electron chi connectivity index (χ2n) is 17.3. The molecule has 2 N–H and O–H groups in total. The largest absolute Gasteiger partial charge is 0.472 e. The number of phosphoric acid groups is 1. The molecule has 3 atom stereocenters. The highest BCUT2D eigenvalue weighted by Gasteiger charge is 2.28. The van der Waals surface area contributed by atoms with E-state index in [1.54, 1.807) is 0 Å². The molecular formula is C52H95O11P. The number of ether oxygens (including phenoxy) is 3. The van der Waals surface area contributed by atoms with Gasteiger partial charge in [-0.3, -0.25) is 23.4 Å². The first-order chi connectivity index (χ1) is 31.2. The third kappa shape index (κ3) is 44.9. The predicted molar refractivity (Wildman–Crippen MR) is 261 cm³/mol. The molecule has 0 amide bonds. The van der Waals surface area contributed by atoms with Gasteiger partial charge in [0.05, 0.1) is 19.8 Å². The monoisotopic (exact) mass is 927 g/mol. The van der Waals surface area contributed by atoms with Crippen LogP contribution < -0.4 is 0 Å². The molecule has 0 aliphatic rings. The van der Waals surface area contributed by atoms with Crippen LogP contribution in [0.5, 0.6) is 0 Å². The van der Waals surface area contributed by atoms with Crippen LogP contribution >= 0.6 is 7.82 Å². The minimum Gasteiger partial charge on any atom is -0.462 e. The van der Waals surface area contributed by atoms with Crippen molar-refractivity contribution < 1.29 is 52.2 Å². The molecule has 0 aromatic rings. The minimum absolute atomic E-state index is 0.170. The molecule has 374 valence electrons. The first kappa shape index (κ1) is 61.7. The smallest absolute Gasteiger partial charge is 0.462 e. The lowest BCUT2D eigenvalue weighted by atomic mass is 10.1. The maximum absolute atomic E-state index is 12.8. The van der Waals surface area contributed by atoms with E-state index in [2.05, 4.69) is 57.2 Å². The predicted octanol–water partition coefficient (Wildman–Crippen LogP) is 14.5. The summed E-state index contributed by atoms with van der Waals surface area (Å²) in [4.78, 5) is 48.2. The maximum atomic E-state index is 12.8. The summed E-state index contributed by atoms with van der Waals surface area (Å²) in [5, 5.41) is 9.73. The number of phosphoric ester groups is 1.